The van der Waals surface area contributed by atoms with E-state index >= 15 is 0 Å². The van der Waals surface area contributed by atoms with Gasteiger partial charge in [0.2, 0.25) is 5.91 Å². The van der Waals surface area contributed by atoms with E-state index < -0.39 is 0 Å². The summed E-state index contributed by atoms with van der Waals surface area (Å²) >= 11 is 3.41. The van der Waals surface area contributed by atoms with Crippen molar-refractivity contribution < 1.29 is 14.3 Å². The zero-order valence-corrected chi connectivity index (χ0v) is 15.8. The van der Waals surface area contributed by atoms with Crippen LogP contribution in [0.4, 0.5) is 0 Å². The maximum Gasteiger partial charge on any atom is 0.335 e. The Morgan fingerprint density at radius 3 is 2.46 bits per heavy atom. The third-order valence-electron chi connectivity index (χ3n) is 4.09. The number of rotatable bonds is 8. The second kappa shape index (κ2) is 9.02. The highest BCUT2D eigenvalue weighted by molar-refractivity contribution is 9.10. The Labute approximate surface area is 151 Å². The predicted molar refractivity (Wildman–Crippen MR) is 97.3 cm³/mol. The van der Waals surface area contributed by atoms with Crippen molar-refractivity contribution >= 4 is 27.8 Å². The van der Waals surface area contributed by atoms with Crippen molar-refractivity contribution in [1.29, 1.82) is 0 Å². The van der Waals surface area contributed by atoms with Crippen LogP contribution in [-0.2, 0) is 20.7 Å². The third-order valence-corrected chi connectivity index (χ3v) is 4.62. The molecule has 4 nitrogen and oxygen atoms in total. The minimum Gasteiger partial charge on any atom is -0.466 e. The van der Waals surface area contributed by atoms with Crippen molar-refractivity contribution in [3.8, 4) is 0 Å². The van der Waals surface area contributed by atoms with E-state index in [0.717, 1.165) is 35.7 Å². The lowest BCUT2D eigenvalue weighted by Gasteiger charge is -2.15. The summed E-state index contributed by atoms with van der Waals surface area (Å²) in [5.41, 5.74) is 2.26. The second-order valence-electron chi connectivity index (χ2n) is 6.12. The number of amides is 1. The van der Waals surface area contributed by atoms with E-state index in [1.165, 1.54) is 7.11 Å². The van der Waals surface area contributed by atoms with Crippen LogP contribution in [0.15, 0.2) is 40.0 Å². The Morgan fingerprint density at radius 1 is 1.25 bits per heavy atom. The predicted octanol–water partition coefficient (Wildman–Crippen LogP) is 4.14. The van der Waals surface area contributed by atoms with Crippen molar-refractivity contribution in [2.45, 2.75) is 45.4 Å². The van der Waals surface area contributed by atoms with E-state index in [4.69, 9.17) is 4.74 Å². The average molecular weight is 394 g/mol. The Balaban J connectivity index is 2.28. The van der Waals surface area contributed by atoms with Gasteiger partial charge in [-0.05, 0) is 43.4 Å². The van der Waals surface area contributed by atoms with Crippen molar-refractivity contribution in [2.75, 3.05) is 7.11 Å². The van der Waals surface area contributed by atoms with E-state index in [0.29, 0.717) is 24.1 Å². The van der Waals surface area contributed by atoms with Crippen molar-refractivity contribution in [1.82, 2.24) is 5.32 Å². The highest BCUT2D eigenvalue weighted by Gasteiger charge is 2.31. The molecule has 0 unspecified atom stereocenters. The van der Waals surface area contributed by atoms with Gasteiger partial charge in [-0.25, -0.2) is 4.79 Å². The van der Waals surface area contributed by atoms with Crippen LogP contribution in [0.3, 0.4) is 0 Å². The van der Waals surface area contributed by atoms with Gasteiger partial charge in [0.05, 0.1) is 12.7 Å². The molecule has 1 aromatic rings. The molecule has 130 valence electrons. The van der Waals surface area contributed by atoms with Crippen molar-refractivity contribution in [2.24, 2.45) is 5.92 Å². The minimum atomic E-state index is -0.375. The van der Waals surface area contributed by atoms with Gasteiger partial charge in [-0.2, -0.15) is 0 Å². The van der Waals surface area contributed by atoms with E-state index in [9.17, 15) is 9.59 Å². The van der Waals surface area contributed by atoms with Gasteiger partial charge in [0.25, 0.3) is 0 Å². The molecule has 1 amide bonds. The lowest BCUT2D eigenvalue weighted by molar-refractivity contribution is -0.136. The van der Waals surface area contributed by atoms with Gasteiger partial charge in [-0.1, -0.05) is 41.4 Å². The summed E-state index contributed by atoms with van der Waals surface area (Å²) in [5.74, 6) is -0.244. The molecule has 0 saturated heterocycles. The summed E-state index contributed by atoms with van der Waals surface area (Å²) in [6, 6.07) is 7.82. The van der Waals surface area contributed by atoms with Crippen LogP contribution in [0.1, 0.15) is 44.6 Å². The molecule has 5 heteroatoms. The number of halogens is 1. The van der Waals surface area contributed by atoms with Crippen molar-refractivity contribution in [3.05, 3.63) is 45.6 Å². The molecular formula is C19H24BrNO3. The summed E-state index contributed by atoms with van der Waals surface area (Å²) in [4.78, 5) is 24.5. The summed E-state index contributed by atoms with van der Waals surface area (Å²) in [6.45, 7) is 2.09. The molecule has 1 aromatic carbocycles. The quantitative estimate of drug-likeness (QED) is 0.533. The maximum atomic E-state index is 12.3. The molecule has 1 aliphatic rings. The van der Waals surface area contributed by atoms with Gasteiger partial charge < -0.3 is 10.1 Å². The van der Waals surface area contributed by atoms with Crippen LogP contribution in [0.5, 0.6) is 0 Å². The van der Waals surface area contributed by atoms with Gasteiger partial charge in [0.1, 0.15) is 0 Å². The van der Waals surface area contributed by atoms with Crippen LogP contribution in [0.2, 0.25) is 0 Å². The number of benzene rings is 1. The number of nitrogens with one attached hydrogen (secondary N) is 1. The van der Waals surface area contributed by atoms with Gasteiger partial charge >= 0.3 is 5.97 Å². The Hall–Kier alpha value is -1.62. The zero-order chi connectivity index (χ0) is 17.5. The molecule has 24 heavy (non-hydrogen) atoms. The molecule has 0 atom stereocenters. The number of unbranched alkanes of at least 4 members (excludes halogenated alkanes) is 1. The standard InChI is InChI=1S/C19H24BrNO3/c1-3-4-5-17(21-18(22)14-8-9-14)16(19(23)24-2)12-13-6-10-15(20)11-7-13/h6-7,10-11,14H,3-5,8-9,12H2,1-2H3,(H,21,22)/b17-16-. The molecule has 1 N–H and O–H groups in total. The number of carbonyl (C=O) groups is 2. The monoisotopic (exact) mass is 393 g/mol. The summed E-state index contributed by atoms with van der Waals surface area (Å²) < 4.78 is 5.96. The zero-order valence-electron chi connectivity index (χ0n) is 14.2. The van der Waals surface area contributed by atoms with Crippen molar-refractivity contribution in [3.63, 3.8) is 0 Å². The highest BCUT2D eigenvalue weighted by Crippen LogP contribution is 2.30. The number of allylic oxidation sites excluding steroid dienone is 1. The minimum absolute atomic E-state index is 0.0262. The van der Waals surface area contributed by atoms with E-state index in [-0.39, 0.29) is 17.8 Å². The second-order valence-corrected chi connectivity index (χ2v) is 7.03. The number of hydrogen-bond acceptors (Lipinski definition) is 3. The largest absolute Gasteiger partial charge is 0.466 e. The fourth-order valence-electron chi connectivity index (χ4n) is 2.47. The first kappa shape index (κ1) is 18.7. The SMILES string of the molecule is CCCC/C(NC(=O)C1CC1)=C(\Cc1ccc(Br)cc1)C(=O)OC. The highest BCUT2D eigenvalue weighted by atomic mass is 79.9. The molecule has 0 bridgehead atoms. The summed E-state index contributed by atoms with van der Waals surface area (Å²) in [6.07, 6.45) is 4.91. The number of carbonyl (C=O) groups excluding carboxylic acids is 2. The van der Waals surface area contributed by atoms with Gasteiger partial charge in [-0.3, -0.25) is 4.79 Å². The number of hydrogen-bond donors (Lipinski definition) is 1. The first-order chi connectivity index (χ1) is 11.5. The number of ether oxygens (including phenoxy) is 1. The van der Waals surface area contributed by atoms with Crippen LogP contribution in [-0.4, -0.2) is 19.0 Å². The molecule has 1 saturated carbocycles. The Kier molecular flexibility index (Phi) is 7.03. The molecular weight excluding hydrogens is 370 g/mol. The number of methoxy groups -OCH3 is 1. The molecule has 1 fully saturated rings. The molecule has 0 aromatic heterocycles. The fraction of sp³-hybridized carbons (Fsp3) is 0.474. The Bertz CT molecular complexity index is 618. The normalized spacial score (nSPS) is 14.8. The van der Waals surface area contributed by atoms with Crippen LogP contribution in [0.25, 0.3) is 0 Å². The summed E-state index contributed by atoms with van der Waals surface area (Å²) in [5, 5.41) is 2.99. The summed E-state index contributed by atoms with van der Waals surface area (Å²) in [7, 11) is 1.38. The fourth-order valence-corrected chi connectivity index (χ4v) is 2.73. The van der Waals surface area contributed by atoms with E-state index in [1.54, 1.807) is 0 Å². The smallest absolute Gasteiger partial charge is 0.335 e. The van der Waals surface area contributed by atoms with Gasteiger partial charge in [0, 0.05) is 22.5 Å². The molecule has 1 aliphatic carbocycles. The Morgan fingerprint density at radius 2 is 1.92 bits per heavy atom. The molecule has 2 rings (SSSR count). The molecule has 0 heterocycles. The topological polar surface area (TPSA) is 55.4 Å². The lowest BCUT2D eigenvalue weighted by Crippen LogP contribution is -2.28. The lowest BCUT2D eigenvalue weighted by atomic mass is 10.0. The first-order valence-corrected chi connectivity index (χ1v) is 9.20. The first-order valence-electron chi connectivity index (χ1n) is 8.40. The molecule has 0 aliphatic heterocycles. The van der Waals surface area contributed by atoms with E-state index in [1.807, 2.05) is 24.3 Å². The molecule has 0 spiro atoms. The van der Waals surface area contributed by atoms with Crippen LogP contribution in [0, 0.1) is 5.92 Å². The van der Waals surface area contributed by atoms with Gasteiger partial charge in [-0.15, -0.1) is 0 Å². The number of esters is 1. The average Bonchev–Trinajstić information content (AvgIpc) is 3.42. The molecule has 0 radical (unpaired) electrons. The van der Waals surface area contributed by atoms with Gasteiger partial charge in [0.15, 0.2) is 0 Å². The third kappa shape index (κ3) is 5.48. The van der Waals surface area contributed by atoms with Crippen LogP contribution < -0.4 is 5.32 Å². The van der Waals surface area contributed by atoms with Crippen LogP contribution >= 0.6 is 15.9 Å². The van der Waals surface area contributed by atoms with E-state index in [2.05, 4.69) is 28.2 Å². The maximum absolute atomic E-state index is 12.3.